The van der Waals surface area contributed by atoms with Gasteiger partial charge in [-0.2, -0.15) is 0 Å². The summed E-state index contributed by atoms with van der Waals surface area (Å²) in [6.45, 7) is 7.00. The molecule has 0 aliphatic heterocycles. The molecule has 0 heterocycles. The van der Waals surface area contributed by atoms with Crippen molar-refractivity contribution in [2.75, 3.05) is 33.9 Å². The van der Waals surface area contributed by atoms with Crippen molar-refractivity contribution in [2.45, 2.75) is 32.9 Å². The van der Waals surface area contributed by atoms with E-state index in [4.69, 9.17) is 4.74 Å². The zero-order valence-electron chi connectivity index (χ0n) is 11.9. The van der Waals surface area contributed by atoms with Crippen molar-refractivity contribution in [1.29, 1.82) is 0 Å². The van der Waals surface area contributed by atoms with Crippen LogP contribution < -0.4 is 10.6 Å². The van der Waals surface area contributed by atoms with Crippen LogP contribution in [0, 0.1) is 0 Å². The number of rotatable bonds is 8. The number of methoxy groups -OCH3 is 1. The first-order chi connectivity index (χ1) is 8.43. The van der Waals surface area contributed by atoms with Gasteiger partial charge in [-0.25, -0.2) is 0 Å². The van der Waals surface area contributed by atoms with Gasteiger partial charge < -0.3 is 15.0 Å². The van der Waals surface area contributed by atoms with Gasteiger partial charge in [0.15, 0.2) is 0 Å². The molecule has 106 valence electrons. The molecule has 6 heteroatoms. The molecule has 0 rings (SSSR count). The van der Waals surface area contributed by atoms with E-state index in [0.717, 1.165) is 0 Å². The highest BCUT2D eigenvalue weighted by Crippen LogP contribution is 1.94. The molecule has 0 aromatic rings. The fourth-order valence-corrected chi connectivity index (χ4v) is 1.44. The van der Waals surface area contributed by atoms with Crippen molar-refractivity contribution in [3.63, 3.8) is 0 Å². The van der Waals surface area contributed by atoms with E-state index in [2.05, 4.69) is 10.6 Å². The monoisotopic (exact) mass is 259 g/mol. The van der Waals surface area contributed by atoms with Crippen molar-refractivity contribution in [2.24, 2.45) is 0 Å². The molecular formula is C12H25N3O3. The van der Waals surface area contributed by atoms with E-state index in [0.29, 0.717) is 19.7 Å². The first-order valence-corrected chi connectivity index (χ1v) is 6.21. The quantitative estimate of drug-likeness (QED) is 0.582. The van der Waals surface area contributed by atoms with Gasteiger partial charge in [0.25, 0.3) is 0 Å². The number of ether oxygens (including phenoxy) is 1. The Labute approximate surface area is 109 Å². The Morgan fingerprint density at radius 3 is 2.39 bits per heavy atom. The van der Waals surface area contributed by atoms with E-state index in [1.54, 1.807) is 32.9 Å². The smallest absolute Gasteiger partial charge is 0.239 e. The van der Waals surface area contributed by atoms with E-state index in [-0.39, 0.29) is 17.9 Å². The van der Waals surface area contributed by atoms with E-state index in [1.165, 1.54) is 0 Å². The van der Waals surface area contributed by atoms with Gasteiger partial charge in [-0.3, -0.25) is 14.9 Å². The summed E-state index contributed by atoms with van der Waals surface area (Å²) in [6.07, 6.45) is 0. The summed E-state index contributed by atoms with van der Waals surface area (Å²) in [5.74, 6) is -0.153. The maximum Gasteiger partial charge on any atom is 0.239 e. The van der Waals surface area contributed by atoms with Crippen molar-refractivity contribution in [3.05, 3.63) is 0 Å². The van der Waals surface area contributed by atoms with E-state index >= 15 is 0 Å². The number of hydrogen-bond donors (Lipinski definition) is 2. The van der Waals surface area contributed by atoms with E-state index in [9.17, 15) is 9.59 Å². The van der Waals surface area contributed by atoms with Gasteiger partial charge in [0.2, 0.25) is 11.8 Å². The second kappa shape index (κ2) is 8.88. The number of amides is 2. The lowest BCUT2D eigenvalue weighted by atomic mass is 10.2. The Morgan fingerprint density at radius 2 is 1.89 bits per heavy atom. The third-order valence-electron chi connectivity index (χ3n) is 2.72. The second-order valence-corrected chi connectivity index (χ2v) is 4.25. The Bertz CT molecular complexity index is 271. The van der Waals surface area contributed by atoms with Crippen LogP contribution in [-0.2, 0) is 14.3 Å². The average Bonchev–Trinajstić information content (AvgIpc) is 2.36. The number of carbonyl (C=O) groups excluding carboxylic acids is 2. The van der Waals surface area contributed by atoms with Gasteiger partial charge in [0, 0.05) is 27.2 Å². The van der Waals surface area contributed by atoms with Crippen LogP contribution in [0.1, 0.15) is 20.8 Å². The van der Waals surface area contributed by atoms with Crippen LogP contribution in [0.5, 0.6) is 0 Å². The minimum absolute atomic E-state index is 0.0194. The van der Waals surface area contributed by atoms with Gasteiger partial charge in [-0.15, -0.1) is 0 Å². The van der Waals surface area contributed by atoms with Crippen LogP contribution in [-0.4, -0.2) is 62.7 Å². The molecule has 0 aliphatic rings. The Hall–Kier alpha value is -1.14. The minimum Gasteiger partial charge on any atom is -0.383 e. The molecule has 0 aromatic heterocycles. The zero-order chi connectivity index (χ0) is 14.1. The van der Waals surface area contributed by atoms with Crippen LogP contribution in [0.25, 0.3) is 0 Å². The summed E-state index contributed by atoms with van der Waals surface area (Å²) in [4.78, 5) is 25.1. The molecule has 2 N–H and O–H groups in total. The zero-order valence-corrected chi connectivity index (χ0v) is 11.9. The summed E-state index contributed by atoms with van der Waals surface area (Å²) >= 11 is 0. The lowest BCUT2D eigenvalue weighted by Gasteiger charge is -2.23. The van der Waals surface area contributed by atoms with Gasteiger partial charge in [0.1, 0.15) is 0 Å². The van der Waals surface area contributed by atoms with Gasteiger partial charge in [0.05, 0.1) is 18.7 Å². The van der Waals surface area contributed by atoms with Crippen molar-refractivity contribution >= 4 is 11.8 Å². The highest BCUT2D eigenvalue weighted by Gasteiger charge is 2.21. The molecule has 0 spiro atoms. The van der Waals surface area contributed by atoms with Gasteiger partial charge in [-0.05, 0) is 20.8 Å². The minimum atomic E-state index is -0.411. The lowest BCUT2D eigenvalue weighted by molar-refractivity contribution is -0.132. The van der Waals surface area contributed by atoms with Crippen LogP contribution in [0.3, 0.4) is 0 Å². The van der Waals surface area contributed by atoms with E-state index in [1.807, 2.05) is 6.92 Å². The number of hydrogen-bond acceptors (Lipinski definition) is 4. The predicted octanol–water partition coefficient (Wildman–Crippen LogP) is -0.406. The van der Waals surface area contributed by atoms with Crippen LogP contribution in [0.2, 0.25) is 0 Å². The second-order valence-electron chi connectivity index (χ2n) is 4.25. The number of nitrogens with zero attached hydrogens (tertiary/aromatic N) is 1. The van der Waals surface area contributed by atoms with Gasteiger partial charge >= 0.3 is 0 Å². The standard InChI is InChI=1S/C12H25N3O3/c1-6-15(4)12(17)10(3)14-9(2)11(16)13-7-8-18-5/h9-10,14H,6-8H2,1-5H3,(H,13,16). The summed E-state index contributed by atoms with van der Waals surface area (Å²) < 4.78 is 4.84. The SMILES string of the molecule is CCN(C)C(=O)C(C)NC(C)C(=O)NCCOC. The predicted molar refractivity (Wildman–Crippen MR) is 70.3 cm³/mol. The van der Waals surface area contributed by atoms with Crippen LogP contribution in [0.15, 0.2) is 0 Å². The van der Waals surface area contributed by atoms with Gasteiger partial charge in [-0.1, -0.05) is 0 Å². The highest BCUT2D eigenvalue weighted by atomic mass is 16.5. The Balaban J connectivity index is 4.09. The number of likely N-dealkylation sites (N-methyl/N-ethyl adjacent to an activating group) is 1. The fourth-order valence-electron chi connectivity index (χ4n) is 1.44. The largest absolute Gasteiger partial charge is 0.383 e. The van der Waals surface area contributed by atoms with Crippen LogP contribution in [0.4, 0.5) is 0 Å². The maximum absolute atomic E-state index is 11.8. The molecule has 0 saturated heterocycles. The molecule has 0 aliphatic carbocycles. The molecule has 0 radical (unpaired) electrons. The van der Waals surface area contributed by atoms with Crippen molar-refractivity contribution in [1.82, 2.24) is 15.5 Å². The third kappa shape index (κ3) is 5.97. The molecule has 0 bridgehead atoms. The molecule has 2 atom stereocenters. The Kier molecular flexibility index (Phi) is 8.32. The molecule has 0 saturated carbocycles. The normalized spacial score (nSPS) is 13.8. The summed E-state index contributed by atoms with van der Waals surface area (Å²) in [7, 11) is 3.32. The molecule has 2 amide bonds. The van der Waals surface area contributed by atoms with Crippen LogP contribution >= 0.6 is 0 Å². The molecule has 18 heavy (non-hydrogen) atoms. The third-order valence-corrected chi connectivity index (χ3v) is 2.72. The maximum atomic E-state index is 11.8. The summed E-state index contributed by atoms with van der Waals surface area (Å²) in [5.41, 5.74) is 0. The van der Waals surface area contributed by atoms with Crippen molar-refractivity contribution in [3.8, 4) is 0 Å². The summed E-state index contributed by atoms with van der Waals surface area (Å²) in [6, 6.07) is -0.788. The fraction of sp³-hybridized carbons (Fsp3) is 0.833. The molecule has 0 fully saturated rings. The topological polar surface area (TPSA) is 70.7 Å². The van der Waals surface area contributed by atoms with E-state index < -0.39 is 6.04 Å². The average molecular weight is 259 g/mol. The Morgan fingerprint density at radius 1 is 1.28 bits per heavy atom. The number of nitrogens with one attached hydrogen (secondary N) is 2. The first-order valence-electron chi connectivity index (χ1n) is 6.21. The molecular weight excluding hydrogens is 234 g/mol. The molecule has 0 aromatic carbocycles. The van der Waals surface area contributed by atoms with Crippen molar-refractivity contribution < 1.29 is 14.3 Å². The number of carbonyl (C=O) groups is 2. The summed E-state index contributed by atoms with van der Waals surface area (Å²) in [5, 5.41) is 5.70. The lowest BCUT2D eigenvalue weighted by Crippen LogP contribution is -2.51. The highest BCUT2D eigenvalue weighted by molar-refractivity contribution is 5.84. The first kappa shape index (κ1) is 16.9. The molecule has 6 nitrogen and oxygen atoms in total. The molecule has 2 unspecified atom stereocenters.